The molecule has 0 saturated carbocycles. The van der Waals surface area contributed by atoms with Crippen molar-refractivity contribution in [2.45, 2.75) is 19.8 Å². The van der Waals surface area contributed by atoms with Gasteiger partial charge in [0.2, 0.25) is 0 Å². The second-order valence-electron chi connectivity index (χ2n) is 2.89. The number of unbranched alkanes of at least 4 members (excludes halogenated alkanes) is 1. The van der Waals surface area contributed by atoms with Crippen LogP contribution in [0.1, 0.15) is 19.8 Å². The average molecular weight is 214 g/mol. The third kappa shape index (κ3) is 8.80. The molecule has 0 aromatic rings. The summed E-state index contributed by atoms with van der Waals surface area (Å²) in [7, 11) is 1.48. The van der Waals surface area contributed by atoms with Crippen molar-refractivity contribution in [1.29, 1.82) is 0 Å². The second kappa shape index (κ2) is 9.05. The van der Waals surface area contributed by atoms with Gasteiger partial charge in [-0.05, 0) is 6.42 Å². The molecule has 0 atom stereocenters. The number of alkyl carbamates (subject to hydrolysis) is 1. The number of rotatable bonds is 6. The predicted molar refractivity (Wildman–Crippen MR) is 57.5 cm³/mol. The molecule has 0 aliphatic heterocycles. The van der Waals surface area contributed by atoms with Crippen molar-refractivity contribution >= 4 is 12.0 Å². The smallest absolute Gasteiger partial charge is 0.407 e. The molecule has 0 saturated heterocycles. The van der Waals surface area contributed by atoms with Gasteiger partial charge in [-0.2, -0.15) is 0 Å². The zero-order chi connectivity index (χ0) is 11.5. The van der Waals surface area contributed by atoms with E-state index in [0.717, 1.165) is 12.8 Å². The SMILES string of the molecule is CCCC=CCNC(=O)OCC(=O)NC. The summed E-state index contributed by atoms with van der Waals surface area (Å²) >= 11 is 0. The van der Waals surface area contributed by atoms with Crippen LogP contribution in [0.3, 0.4) is 0 Å². The van der Waals surface area contributed by atoms with Crippen LogP contribution in [0.15, 0.2) is 12.2 Å². The molecule has 0 aliphatic carbocycles. The first kappa shape index (κ1) is 13.5. The summed E-state index contributed by atoms with van der Waals surface area (Å²) in [5.41, 5.74) is 0. The molecule has 0 bridgehead atoms. The summed E-state index contributed by atoms with van der Waals surface area (Å²) in [5, 5.41) is 4.84. The standard InChI is InChI=1S/C10H18N2O3/c1-3-4-5-6-7-12-10(14)15-8-9(13)11-2/h5-6H,3-4,7-8H2,1-2H3,(H,11,13)(H,12,14). The van der Waals surface area contributed by atoms with Gasteiger partial charge in [-0.15, -0.1) is 0 Å². The maximum Gasteiger partial charge on any atom is 0.407 e. The molecular weight excluding hydrogens is 196 g/mol. The minimum absolute atomic E-state index is 0.249. The fraction of sp³-hybridized carbons (Fsp3) is 0.600. The molecule has 2 amide bonds. The van der Waals surface area contributed by atoms with Crippen molar-refractivity contribution < 1.29 is 14.3 Å². The lowest BCUT2D eigenvalue weighted by Gasteiger charge is -2.03. The van der Waals surface area contributed by atoms with Gasteiger partial charge in [-0.25, -0.2) is 4.79 Å². The molecule has 0 aromatic carbocycles. The monoisotopic (exact) mass is 214 g/mol. The van der Waals surface area contributed by atoms with Crippen LogP contribution >= 0.6 is 0 Å². The molecule has 0 unspecified atom stereocenters. The van der Waals surface area contributed by atoms with Crippen LogP contribution in [0.2, 0.25) is 0 Å². The number of carbonyl (C=O) groups excluding carboxylic acids is 2. The summed E-state index contributed by atoms with van der Waals surface area (Å²) in [5.74, 6) is -0.327. The molecule has 15 heavy (non-hydrogen) atoms. The Morgan fingerprint density at radius 3 is 2.67 bits per heavy atom. The molecule has 0 heterocycles. The summed E-state index contributed by atoms with van der Waals surface area (Å²) in [6.07, 6.45) is 5.33. The highest BCUT2D eigenvalue weighted by Crippen LogP contribution is 1.87. The van der Waals surface area contributed by atoms with Gasteiger partial charge >= 0.3 is 6.09 Å². The van der Waals surface area contributed by atoms with Crippen molar-refractivity contribution in [3.63, 3.8) is 0 Å². The van der Waals surface area contributed by atoms with Crippen LogP contribution in [0.25, 0.3) is 0 Å². The van der Waals surface area contributed by atoms with Crippen LogP contribution in [-0.4, -0.2) is 32.2 Å². The number of likely N-dealkylation sites (N-methyl/N-ethyl adjacent to an activating group) is 1. The zero-order valence-electron chi connectivity index (χ0n) is 9.21. The van der Waals surface area contributed by atoms with Crippen LogP contribution in [0, 0.1) is 0 Å². The molecule has 5 heteroatoms. The maximum atomic E-state index is 10.9. The topological polar surface area (TPSA) is 67.4 Å². The molecule has 0 aromatic heterocycles. The number of allylic oxidation sites excluding steroid dienone is 1. The summed E-state index contributed by atoms with van der Waals surface area (Å²) in [4.78, 5) is 21.7. The van der Waals surface area contributed by atoms with Gasteiger partial charge in [0.1, 0.15) is 0 Å². The lowest BCUT2D eigenvalue weighted by molar-refractivity contribution is -0.123. The Hall–Kier alpha value is -1.52. The lowest BCUT2D eigenvalue weighted by atomic mass is 10.3. The fourth-order valence-corrected chi connectivity index (χ4v) is 0.764. The van der Waals surface area contributed by atoms with E-state index in [1.807, 2.05) is 12.2 Å². The minimum atomic E-state index is -0.584. The van der Waals surface area contributed by atoms with Crippen molar-refractivity contribution in [1.82, 2.24) is 10.6 Å². The highest BCUT2D eigenvalue weighted by atomic mass is 16.6. The Balaban J connectivity index is 3.45. The summed E-state index contributed by atoms with van der Waals surface area (Å²) in [6, 6.07) is 0. The molecule has 2 N–H and O–H groups in total. The summed E-state index contributed by atoms with van der Waals surface area (Å²) in [6.45, 7) is 2.25. The zero-order valence-corrected chi connectivity index (χ0v) is 9.21. The average Bonchev–Trinajstić information content (AvgIpc) is 2.25. The molecule has 0 spiro atoms. The number of amides is 2. The highest BCUT2D eigenvalue weighted by molar-refractivity contribution is 5.79. The number of nitrogens with one attached hydrogen (secondary N) is 2. The van der Waals surface area contributed by atoms with Crippen molar-refractivity contribution in [3.05, 3.63) is 12.2 Å². The Morgan fingerprint density at radius 1 is 1.33 bits per heavy atom. The quantitative estimate of drug-likeness (QED) is 0.643. The molecule has 0 fully saturated rings. The van der Waals surface area contributed by atoms with E-state index in [1.54, 1.807) is 0 Å². The molecule has 0 rings (SSSR count). The normalized spacial score (nSPS) is 10.0. The number of hydrogen-bond donors (Lipinski definition) is 2. The van der Waals surface area contributed by atoms with Gasteiger partial charge in [0.15, 0.2) is 6.61 Å². The summed E-state index contributed by atoms with van der Waals surface area (Å²) < 4.78 is 4.61. The van der Waals surface area contributed by atoms with E-state index in [-0.39, 0.29) is 12.5 Å². The Bertz CT molecular complexity index is 227. The molecular formula is C10H18N2O3. The largest absolute Gasteiger partial charge is 0.439 e. The van der Waals surface area contributed by atoms with E-state index < -0.39 is 6.09 Å². The van der Waals surface area contributed by atoms with Gasteiger partial charge < -0.3 is 15.4 Å². The number of ether oxygens (including phenoxy) is 1. The fourth-order valence-electron chi connectivity index (χ4n) is 0.764. The van der Waals surface area contributed by atoms with Gasteiger partial charge in [0.05, 0.1) is 0 Å². The first-order chi connectivity index (χ1) is 7.20. The molecule has 5 nitrogen and oxygen atoms in total. The number of hydrogen-bond acceptors (Lipinski definition) is 3. The van der Waals surface area contributed by atoms with E-state index in [1.165, 1.54) is 7.05 Å². The van der Waals surface area contributed by atoms with Gasteiger partial charge in [0.25, 0.3) is 5.91 Å². The first-order valence-electron chi connectivity index (χ1n) is 4.97. The van der Waals surface area contributed by atoms with Crippen LogP contribution < -0.4 is 10.6 Å². The highest BCUT2D eigenvalue weighted by Gasteiger charge is 2.03. The van der Waals surface area contributed by atoms with E-state index in [9.17, 15) is 9.59 Å². The third-order valence-electron chi connectivity index (χ3n) is 1.60. The Morgan fingerprint density at radius 2 is 2.07 bits per heavy atom. The van der Waals surface area contributed by atoms with E-state index in [2.05, 4.69) is 22.3 Å². The lowest BCUT2D eigenvalue weighted by Crippen LogP contribution is -2.30. The number of carbonyl (C=O) groups is 2. The van der Waals surface area contributed by atoms with E-state index >= 15 is 0 Å². The first-order valence-corrected chi connectivity index (χ1v) is 4.97. The van der Waals surface area contributed by atoms with Gasteiger partial charge in [-0.1, -0.05) is 25.5 Å². The van der Waals surface area contributed by atoms with Gasteiger partial charge in [-0.3, -0.25) is 4.79 Å². The van der Waals surface area contributed by atoms with Crippen LogP contribution in [0.4, 0.5) is 4.79 Å². The molecule has 0 aliphatic rings. The Kier molecular flexibility index (Phi) is 8.13. The minimum Gasteiger partial charge on any atom is -0.439 e. The second-order valence-corrected chi connectivity index (χ2v) is 2.89. The third-order valence-corrected chi connectivity index (χ3v) is 1.60. The molecule has 86 valence electrons. The van der Waals surface area contributed by atoms with Crippen molar-refractivity contribution in [3.8, 4) is 0 Å². The van der Waals surface area contributed by atoms with E-state index in [4.69, 9.17) is 0 Å². The maximum absolute atomic E-state index is 10.9. The Labute approximate surface area is 89.9 Å². The van der Waals surface area contributed by atoms with Crippen molar-refractivity contribution in [2.24, 2.45) is 0 Å². The molecule has 0 radical (unpaired) electrons. The van der Waals surface area contributed by atoms with Gasteiger partial charge in [0, 0.05) is 13.6 Å². The van der Waals surface area contributed by atoms with E-state index in [0.29, 0.717) is 6.54 Å². The van der Waals surface area contributed by atoms with Crippen LogP contribution in [0.5, 0.6) is 0 Å². The van der Waals surface area contributed by atoms with Crippen LogP contribution in [-0.2, 0) is 9.53 Å². The predicted octanol–water partition coefficient (Wildman–Crippen LogP) is 0.815. The van der Waals surface area contributed by atoms with Crippen molar-refractivity contribution in [2.75, 3.05) is 20.2 Å².